The lowest BCUT2D eigenvalue weighted by atomic mass is 10.0. The summed E-state index contributed by atoms with van der Waals surface area (Å²) in [6.07, 6.45) is 3.11. The van der Waals surface area contributed by atoms with Crippen molar-refractivity contribution >= 4 is 10.9 Å². The fourth-order valence-corrected chi connectivity index (χ4v) is 2.19. The highest BCUT2D eigenvalue weighted by Crippen LogP contribution is 2.16. The maximum atomic E-state index is 13.1. The Bertz CT molecular complexity index is 699. The standard InChI is InChI=1S/C15H12F2N2/c16-13-6-11(7-14(17)8-13)2-1-10-3-4-15-12(5-10)9-18-19-15/h3-9H,1-2H2,(H,18,19). The summed E-state index contributed by atoms with van der Waals surface area (Å²) in [5.41, 5.74) is 2.78. The van der Waals surface area contributed by atoms with E-state index in [4.69, 9.17) is 0 Å². The number of H-pyrrole nitrogens is 1. The zero-order valence-electron chi connectivity index (χ0n) is 10.2. The molecule has 3 aromatic rings. The number of fused-ring (bicyclic) bond motifs is 1. The fraction of sp³-hybridized carbons (Fsp3) is 0.133. The minimum atomic E-state index is -0.528. The molecule has 19 heavy (non-hydrogen) atoms. The molecule has 2 aromatic carbocycles. The second-order valence-electron chi connectivity index (χ2n) is 4.57. The number of aromatic nitrogens is 2. The van der Waals surface area contributed by atoms with E-state index in [-0.39, 0.29) is 0 Å². The Kier molecular flexibility index (Phi) is 2.99. The summed E-state index contributed by atoms with van der Waals surface area (Å²) < 4.78 is 26.1. The lowest BCUT2D eigenvalue weighted by Crippen LogP contribution is -1.93. The van der Waals surface area contributed by atoms with Gasteiger partial charge in [-0.3, -0.25) is 5.10 Å². The van der Waals surface area contributed by atoms with E-state index in [0.717, 1.165) is 29.0 Å². The van der Waals surface area contributed by atoms with Gasteiger partial charge in [-0.05, 0) is 48.2 Å². The maximum Gasteiger partial charge on any atom is 0.126 e. The van der Waals surface area contributed by atoms with Crippen LogP contribution < -0.4 is 0 Å². The predicted octanol–water partition coefficient (Wildman–Crippen LogP) is 3.63. The molecule has 4 heteroatoms. The van der Waals surface area contributed by atoms with E-state index in [1.54, 1.807) is 6.20 Å². The van der Waals surface area contributed by atoms with E-state index in [9.17, 15) is 8.78 Å². The van der Waals surface area contributed by atoms with Gasteiger partial charge < -0.3 is 0 Å². The Balaban J connectivity index is 1.77. The average Bonchev–Trinajstić information content (AvgIpc) is 2.82. The van der Waals surface area contributed by atoms with Crippen LogP contribution in [0, 0.1) is 11.6 Å². The molecular weight excluding hydrogens is 246 g/mol. The normalized spacial score (nSPS) is 11.1. The number of nitrogens with one attached hydrogen (secondary N) is 1. The number of hydrogen-bond acceptors (Lipinski definition) is 1. The molecule has 0 radical (unpaired) electrons. The van der Waals surface area contributed by atoms with Crippen molar-refractivity contribution in [1.82, 2.24) is 10.2 Å². The molecule has 96 valence electrons. The van der Waals surface area contributed by atoms with E-state index < -0.39 is 11.6 Å². The zero-order chi connectivity index (χ0) is 13.2. The molecule has 0 spiro atoms. The second kappa shape index (κ2) is 4.80. The molecule has 1 heterocycles. The molecule has 0 aliphatic heterocycles. The highest BCUT2D eigenvalue weighted by atomic mass is 19.1. The van der Waals surface area contributed by atoms with Crippen molar-refractivity contribution in [3.05, 3.63) is 65.4 Å². The van der Waals surface area contributed by atoms with Gasteiger partial charge in [-0.2, -0.15) is 5.10 Å². The Hall–Kier alpha value is -2.23. The Morgan fingerprint density at radius 2 is 1.63 bits per heavy atom. The Labute approximate surface area is 109 Å². The SMILES string of the molecule is Fc1cc(F)cc(CCc2ccc3[nH]ncc3c2)c1. The van der Waals surface area contributed by atoms with E-state index in [2.05, 4.69) is 10.2 Å². The van der Waals surface area contributed by atoms with Crippen LogP contribution in [-0.4, -0.2) is 10.2 Å². The molecule has 1 N–H and O–H groups in total. The van der Waals surface area contributed by atoms with Gasteiger partial charge in [-0.1, -0.05) is 6.07 Å². The number of benzene rings is 2. The summed E-state index contributed by atoms with van der Waals surface area (Å²) in [5.74, 6) is -1.06. The van der Waals surface area contributed by atoms with Gasteiger partial charge in [-0.25, -0.2) is 8.78 Å². The lowest BCUT2D eigenvalue weighted by Gasteiger charge is -2.03. The first-order valence-electron chi connectivity index (χ1n) is 6.08. The first-order chi connectivity index (χ1) is 9.20. The van der Waals surface area contributed by atoms with Crippen LogP contribution in [0.1, 0.15) is 11.1 Å². The Morgan fingerprint density at radius 1 is 0.895 bits per heavy atom. The van der Waals surface area contributed by atoms with Crippen molar-refractivity contribution in [2.45, 2.75) is 12.8 Å². The van der Waals surface area contributed by atoms with Crippen LogP contribution in [0.3, 0.4) is 0 Å². The maximum absolute atomic E-state index is 13.1. The quantitative estimate of drug-likeness (QED) is 0.763. The lowest BCUT2D eigenvalue weighted by molar-refractivity contribution is 0.579. The van der Waals surface area contributed by atoms with Gasteiger partial charge in [-0.15, -0.1) is 0 Å². The van der Waals surface area contributed by atoms with Crippen LogP contribution in [0.4, 0.5) is 8.78 Å². The second-order valence-corrected chi connectivity index (χ2v) is 4.57. The topological polar surface area (TPSA) is 28.7 Å². The van der Waals surface area contributed by atoms with Crippen LogP contribution in [0.5, 0.6) is 0 Å². The highest BCUT2D eigenvalue weighted by molar-refractivity contribution is 5.78. The van der Waals surface area contributed by atoms with Crippen molar-refractivity contribution < 1.29 is 8.78 Å². The fourth-order valence-electron chi connectivity index (χ4n) is 2.19. The number of rotatable bonds is 3. The van der Waals surface area contributed by atoms with Gasteiger partial charge in [0, 0.05) is 11.5 Å². The van der Waals surface area contributed by atoms with Crippen molar-refractivity contribution in [2.75, 3.05) is 0 Å². The third-order valence-corrected chi connectivity index (χ3v) is 3.13. The third kappa shape index (κ3) is 2.62. The number of hydrogen-bond donors (Lipinski definition) is 1. The number of aryl methyl sites for hydroxylation is 2. The molecular formula is C15H12F2N2. The number of aromatic amines is 1. The van der Waals surface area contributed by atoms with Gasteiger partial charge >= 0.3 is 0 Å². The zero-order valence-corrected chi connectivity index (χ0v) is 10.2. The number of nitrogens with zero attached hydrogens (tertiary/aromatic N) is 1. The highest BCUT2D eigenvalue weighted by Gasteiger charge is 2.03. The molecule has 0 saturated carbocycles. The van der Waals surface area contributed by atoms with Gasteiger partial charge in [0.25, 0.3) is 0 Å². The van der Waals surface area contributed by atoms with Gasteiger partial charge in [0.05, 0.1) is 11.7 Å². The van der Waals surface area contributed by atoms with Crippen molar-refractivity contribution in [1.29, 1.82) is 0 Å². The van der Waals surface area contributed by atoms with E-state index in [0.29, 0.717) is 12.0 Å². The van der Waals surface area contributed by atoms with Gasteiger partial charge in [0.2, 0.25) is 0 Å². The molecule has 3 rings (SSSR count). The molecule has 0 amide bonds. The largest absolute Gasteiger partial charge is 0.278 e. The first kappa shape index (κ1) is 11.8. The third-order valence-electron chi connectivity index (χ3n) is 3.13. The van der Waals surface area contributed by atoms with Gasteiger partial charge in [0.15, 0.2) is 0 Å². The predicted molar refractivity (Wildman–Crippen MR) is 69.9 cm³/mol. The van der Waals surface area contributed by atoms with E-state index in [1.165, 1.54) is 12.1 Å². The smallest absolute Gasteiger partial charge is 0.126 e. The summed E-state index contributed by atoms with van der Waals surface area (Å²) in [7, 11) is 0. The molecule has 2 nitrogen and oxygen atoms in total. The molecule has 0 saturated heterocycles. The molecule has 0 fully saturated rings. The van der Waals surface area contributed by atoms with Crippen molar-refractivity contribution in [2.24, 2.45) is 0 Å². The summed E-state index contributed by atoms with van der Waals surface area (Å²) in [4.78, 5) is 0. The molecule has 0 unspecified atom stereocenters. The molecule has 0 atom stereocenters. The van der Waals surface area contributed by atoms with Crippen LogP contribution in [0.25, 0.3) is 10.9 Å². The minimum Gasteiger partial charge on any atom is -0.278 e. The van der Waals surface area contributed by atoms with Crippen LogP contribution in [0.2, 0.25) is 0 Å². The summed E-state index contributed by atoms with van der Waals surface area (Å²) >= 11 is 0. The molecule has 0 bridgehead atoms. The van der Waals surface area contributed by atoms with Crippen molar-refractivity contribution in [3.63, 3.8) is 0 Å². The van der Waals surface area contributed by atoms with Crippen LogP contribution in [-0.2, 0) is 12.8 Å². The van der Waals surface area contributed by atoms with Crippen molar-refractivity contribution in [3.8, 4) is 0 Å². The van der Waals surface area contributed by atoms with Crippen LogP contribution in [0.15, 0.2) is 42.6 Å². The summed E-state index contributed by atoms with van der Waals surface area (Å²) in [5, 5.41) is 7.89. The molecule has 0 aliphatic carbocycles. The Morgan fingerprint density at radius 3 is 2.42 bits per heavy atom. The molecule has 1 aromatic heterocycles. The number of halogens is 2. The van der Waals surface area contributed by atoms with E-state index in [1.807, 2.05) is 18.2 Å². The monoisotopic (exact) mass is 258 g/mol. The first-order valence-corrected chi connectivity index (χ1v) is 6.08. The molecule has 0 aliphatic rings. The summed E-state index contributed by atoms with van der Waals surface area (Å²) in [6, 6.07) is 9.63. The minimum absolute atomic E-state index is 0.528. The van der Waals surface area contributed by atoms with Gasteiger partial charge in [0.1, 0.15) is 11.6 Å². The summed E-state index contributed by atoms with van der Waals surface area (Å²) in [6.45, 7) is 0. The van der Waals surface area contributed by atoms with Crippen LogP contribution >= 0.6 is 0 Å². The average molecular weight is 258 g/mol. The van der Waals surface area contributed by atoms with E-state index >= 15 is 0 Å².